The minimum atomic E-state index is -4.46. The average molecular weight is 349 g/mol. The Balaban J connectivity index is 1.66. The van der Waals surface area contributed by atoms with Gasteiger partial charge in [0.2, 0.25) is 5.95 Å². The Labute approximate surface area is 143 Å². The van der Waals surface area contributed by atoms with Gasteiger partial charge in [0.15, 0.2) is 0 Å². The first-order chi connectivity index (χ1) is 11.9. The molecule has 1 spiro atoms. The lowest BCUT2D eigenvalue weighted by Crippen LogP contribution is -2.46. The number of nitrogens with zero attached hydrogens (tertiary/aromatic N) is 5. The highest BCUT2D eigenvalue weighted by Gasteiger charge is 2.44. The van der Waals surface area contributed by atoms with Crippen molar-refractivity contribution in [3.8, 4) is 0 Å². The van der Waals surface area contributed by atoms with Crippen molar-refractivity contribution in [2.45, 2.75) is 44.2 Å². The summed E-state index contributed by atoms with van der Waals surface area (Å²) in [6.45, 7) is 3.11. The molecule has 132 valence electrons. The number of hydrogen-bond donors (Lipinski definition) is 0. The molecule has 0 saturated carbocycles. The summed E-state index contributed by atoms with van der Waals surface area (Å²) in [6, 6.07) is 0.907. The number of aryl methyl sites for hydroxylation is 2. The maximum atomic E-state index is 12.9. The highest BCUT2D eigenvalue weighted by Crippen LogP contribution is 2.44. The zero-order valence-electron chi connectivity index (χ0n) is 13.8. The summed E-state index contributed by atoms with van der Waals surface area (Å²) in [5.41, 5.74) is 1.16. The third kappa shape index (κ3) is 2.83. The van der Waals surface area contributed by atoms with E-state index in [4.69, 9.17) is 0 Å². The Morgan fingerprint density at radius 3 is 2.80 bits per heavy atom. The van der Waals surface area contributed by atoms with E-state index in [1.807, 2.05) is 18.0 Å². The molecule has 1 aliphatic heterocycles. The van der Waals surface area contributed by atoms with Crippen LogP contribution in [-0.2, 0) is 18.0 Å². The molecule has 1 unspecified atom stereocenters. The van der Waals surface area contributed by atoms with Crippen molar-refractivity contribution >= 4 is 5.95 Å². The first-order valence-corrected chi connectivity index (χ1v) is 8.36. The van der Waals surface area contributed by atoms with Gasteiger partial charge in [0.05, 0.1) is 5.69 Å². The van der Waals surface area contributed by atoms with Crippen molar-refractivity contribution in [2.24, 2.45) is 0 Å². The van der Waals surface area contributed by atoms with Gasteiger partial charge < -0.3 is 4.90 Å². The van der Waals surface area contributed by atoms with Crippen LogP contribution in [0.2, 0.25) is 0 Å². The van der Waals surface area contributed by atoms with Crippen LogP contribution >= 0.6 is 0 Å². The fourth-order valence-corrected chi connectivity index (χ4v) is 3.99. The molecule has 0 N–H and O–H groups in total. The molecule has 2 aliphatic rings. The van der Waals surface area contributed by atoms with Crippen molar-refractivity contribution in [2.75, 3.05) is 18.0 Å². The summed E-state index contributed by atoms with van der Waals surface area (Å²) in [5.74, 6) is 0.876. The summed E-state index contributed by atoms with van der Waals surface area (Å²) >= 11 is 0. The van der Waals surface area contributed by atoms with Gasteiger partial charge >= 0.3 is 6.18 Å². The van der Waals surface area contributed by atoms with E-state index in [0.717, 1.165) is 48.8 Å². The summed E-state index contributed by atoms with van der Waals surface area (Å²) in [5, 5.41) is 0. The molecule has 0 bridgehead atoms. The van der Waals surface area contributed by atoms with Crippen LogP contribution in [0.15, 0.2) is 18.5 Å². The Hall–Kier alpha value is -2.25. The molecular weight excluding hydrogens is 331 g/mol. The second-order valence-electron chi connectivity index (χ2n) is 6.84. The smallest absolute Gasteiger partial charge is 0.340 e. The molecule has 3 heterocycles. The molecule has 8 heteroatoms. The highest BCUT2D eigenvalue weighted by molar-refractivity contribution is 5.40. The molecule has 0 radical (unpaired) electrons. The second kappa shape index (κ2) is 5.64. The number of rotatable bonds is 1. The Kier molecular flexibility index (Phi) is 3.66. The van der Waals surface area contributed by atoms with Crippen molar-refractivity contribution in [1.82, 2.24) is 19.9 Å². The van der Waals surface area contributed by atoms with Crippen molar-refractivity contribution in [3.63, 3.8) is 0 Å². The van der Waals surface area contributed by atoms with E-state index in [1.165, 1.54) is 6.20 Å². The zero-order chi connectivity index (χ0) is 17.7. The van der Waals surface area contributed by atoms with Gasteiger partial charge in [-0.25, -0.2) is 19.9 Å². The zero-order valence-corrected chi connectivity index (χ0v) is 13.8. The second-order valence-corrected chi connectivity index (χ2v) is 6.84. The molecule has 4 rings (SSSR count). The van der Waals surface area contributed by atoms with Crippen LogP contribution < -0.4 is 4.90 Å². The maximum absolute atomic E-state index is 12.9. The molecule has 5 nitrogen and oxygen atoms in total. The average Bonchev–Trinajstić information content (AvgIpc) is 2.92. The largest absolute Gasteiger partial charge is 0.433 e. The van der Waals surface area contributed by atoms with Crippen molar-refractivity contribution in [1.29, 1.82) is 0 Å². The standard InChI is InChI=1S/C17H18F3N5/c1-11-22-9-12-3-6-16(14(12)23-11)5-2-8-25(10-16)15-21-7-4-13(24-15)17(18,19)20/h4,7,9H,2-3,5-6,8,10H2,1H3. The molecule has 1 fully saturated rings. The summed E-state index contributed by atoms with van der Waals surface area (Å²) in [7, 11) is 0. The number of piperidine rings is 1. The number of fused-ring (bicyclic) bond motifs is 2. The van der Waals surface area contributed by atoms with E-state index in [-0.39, 0.29) is 11.4 Å². The quantitative estimate of drug-likeness (QED) is 0.792. The van der Waals surface area contributed by atoms with Crippen LogP contribution in [0.1, 0.15) is 42.0 Å². The Morgan fingerprint density at radius 1 is 1.16 bits per heavy atom. The minimum Gasteiger partial charge on any atom is -0.340 e. The van der Waals surface area contributed by atoms with Crippen LogP contribution in [-0.4, -0.2) is 33.0 Å². The Morgan fingerprint density at radius 2 is 2.00 bits per heavy atom. The molecule has 25 heavy (non-hydrogen) atoms. The number of alkyl halides is 3. The lowest BCUT2D eigenvalue weighted by molar-refractivity contribution is -0.141. The number of anilines is 1. The minimum absolute atomic E-state index is 0.140. The van der Waals surface area contributed by atoms with E-state index >= 15 is 0 Å². The molecule has 0 amide bonds. The molecule has 1 atom stereocenters. The molecule has 2 aromatic rings. The summed E-state index contributed by atoms with van der Waals surface area (Å²) < 4.78 is 38.8. The number of hydrogen-bond acceptors (Lipinski definition) is 5. The van der Waals surface area contributed by atoms with E-state index in [1.54, 1.807) is 0 Å². The highest BCUT2D eigenvalue weighted by atomic mass is 19.4. The number of aromatic nitrogens is 4. The normalized spacial score (nSPS) is 23.1. The van der Waals surface area contributed by atoms with Crippen LogP contribution in [0.4, 0.5) is 19.1 Å². The van der Waals surface area contributed by atoms with Crippen LogP contribution in [0.3, 0.4) is 0 Å². The third-order valence-electron chi connectivity index (χ3n) is 5.15. The molecule has 2 aromatic heterocycles. The van der Waals surface area contributed by atoms with Gasteiger partial charge in [-0.1, -0.05) is 0 Å². The first kappa shape index (κ1) is 16.2. The van der Waals surface area contributed by atoms with Crippen molar-refractivity contribution < 1.29 is 13.2 Å². The SMILES string of the molecule is Cc1ncc2c(n1)C1(CCCN(c3nccc(C(F)(F)F)n3)C1)CC2. The molecule has 1 aliphatic carbocycles. The van der Waals surface area contributed by atoms with Gasteiger partial charge in [-0.05, 0) is 44.2 Å². The Bertz CT molecular complexity index is 803. The number of halogens is 3. The topological polar surface area (TPSA) is 54.8 Å². The van der Waals surface area contributed by atoms with Gasteiger partial charge in [0.1, 0.15) is 11.5 Å². The third-order valence-corrected chi connectivity index (χ3v) is 5.15. The lowest BCUT2D eigenvalue weighted by atomic mass is 9.77. The van der Waals surface area contributed by atoms with E-state index in [9.17, 15) is 13.2 Å². The maximum Gasteiger partial charge on any atom is 0.433 e. The summed E-state index contributed by atoms with van der Waals surface area (Å²) in [6.07, 6.45) is 2.31. The first-order valence-electron chi connectivity index (χ1n) is 8.36. The van der Waals surface area contributed by atoms with Gasteiger partial charge in [0, 0.05) is 30.9 Å². The predicted octanol–water partition coefficient (Wildman–Crippen LogP) is 3.08. The van der Waals surface area contributed by atoms with Crippen molar-refractivity contribution in [3.05, 3.63) is 41.2 Å². The van der Waals surface area contributed by atoms with Crippen LogP contribution in [0.5, 0.6) is 0 Å². The lowest BCUT2D eigenvalue weighted by Gasteiger charge is -2.40. The van der Waals surface area contributed by atoms with Gasteiger partial charge in [-0.2, -0.15) is 13.2 Å². The van der Waals surface area contributed by atoms with Crippen LogP contribution in [0, 0.1) is 6.92 Å². The fraction of sp³-hybridized carbons (Fsp3) is 0.529. The predicted molar refractivity (Wildman–Crippen MR) is 85.2 cm³/mol. The molecular formula is C17H18F3N5. The van der Waals surface area contributed by atoms with E-state index in [2.05, 4.69) is 19.9 Å². The van der Waals surface area contributed by atoms with E-state index in [0.29, 0.717) is 13.1 Å². The van der Waals surface area contributed by atoms with Crippen LogP contribution in [0.25, 0.3) is 0 Å². The molecule has 0 aromatic carbocycles. The monoisotopic (exact) mass is 349 g/mol. The van der Waals surface area contributed by atoms with Gasteiger partial charge in [-0.3, -0.25) is 0 Å². The summed E-state index contributed by atoms with van der Waals surface area (Å²) in [4.78, 5) is 18.6. The molecule has 1 saturated heterocycles. The van der Waals surface area contributed by atoms with Gasteiger partial charge in [0.25, 0.3) is 0 Å². The van der Waals surface area contributed by atoms with E-state index < -0.39 is 11.9 Å². The fourth-order valence-electron chi connectivity index (χ4n) is 3.99. The van der Waals surface area contributed by atoms with Gasteiger partial charge in [-0.15, -0.1) is 0 Å².